The number of hydrogen-bond donors (Lipinski definition) is 1. The van der Waals surface area contributed by atoms with Crippen molar-refractivity contribution in [2.24, 2.45) is 5.73 Å². The Labute approximate surface area is 265 Å². The Morgan fingerprint density at radius 3 is 1.24 bits per heavy atom. The van der Waals surface area contributed by atoms with Gasteiger partial charge in [0.2, 0.25) is 0 Å². The van der Waals surface area contributed by atoms with Crippen molar-refractivity contribution < 1.29 is 31.1 Å². The summed E-state index contributed by atoms with van der Waals surface area (Å²) in [7, 11) is 0. The van der Waals surface area contributed by atoms with E-state index in [0.717, 1.165) is 107 Å². The number of rotatable bonds is 6. The van der Waals surface area contributed by atoms with Crippen molar-refractivity contribution in [2.45, 2.75) is 75.8 Å². The van der Waals surface area contributed by atoms with Crippen LogP contribution in [0.3, 0.4) is 0 Å². The number of primary amides is 1. The summed E-state index contributed by atoms with van der Waals surface area (Å²) in [5.41, 5.74) is 3.81. The Kier molecular flexibility index (Phi) is 9.35. The van der Waals surface area contributed by atoms with Gasteiger partial charge >= 0.3 is 18.4 Å². The number of benzene rings is 2. The molecule has 0 aliphatic carbocycles. The first-order valence-electron chi connectivity index (χ1n) is 16.4. The second kappa shape index (κ2) is 13.1. The van der Waals surface area contributed by atoms with Crippen LogP contribution in [0.5, 0.6) is 0 Å². The van der Waals surface area contributed by atoms with Crippen LogP contribution in [0.1, 0.15) is 62.5 Å². The third-order valence-electron chi connectivity index (χ3n) is 10.2. The molecule has 0 bridgehead atoms. The predicted molar refractivity (Wildman–Crippen MR) is 167 cm³/mol. The van der Waals surface area contributed by atoms with Crippen LogP contribution in [0.2, 0.25) is 0 Å². The maximum absolute atomic E-state index is 14.2. The lowest BCUT2D eigenvalue weighted by Gasteiger charge is -2.38. The number of hydrogen-bond acceptors (Lipinski definition) is 5. The summed E-state index contributed by atoms with van der Waals surface area (Å²) < 4.78 is 85.2. The molecule has 2 aromatic carbocycles. The van der Waals surface area contributed by atoms with Crippen LogP contribution in [-0.4, -0.2) is 80.3 Å². The zero-order valence-electron chi connectivity index (χ0n) is 25.9. The van der Waals surface area contributed by atoms with Crippen molar-refractivity contribution >= 4 is 28.8 Å². The molecule has 13 heteroatoms. The highest BCUT2D eigenvalue weighted by atomic mass is 19.4. The van der Waals surface area contributed by atoms with Crippen molar-refractivity contribution in [1.82, 2.24) is 9.80 Å². The largest absolute Gasteiger partial charge is 0.416 e. The van der Waals surface area contributed by atoms with Gasteiger partial charge in [-0.3, -0.25) is 4.90 Å². The van der Waals surface area contributed by atoms with Crippen LogP contribution < -0.4 is 20.4 Å². The first-order valence-corrected chi connectivity index (χ1v) is 16.4. The Morgan fingerprint density at radius 1 is 0.587 bits per heavy atom. The number of carbonyl (C=O) groups excluding carboxylic acids is 1. The fraction of sp³-hybridized carbons (Fsp3) is 0.606. The van der Waals surface area contributed by atoms with Gasteiger partial charge in [-0.15, -0.1) is 0 Å². The first-order chi connectivity index (χ1) is 21.9. The number of alkyl halides is 6. The standard InChI is InChI=1S/C33H42F6N6O/c34-32(35,36)23-17-27(43-13-5-25(6-14-43)41-9-1-2-10-41)21-29(19-23)45(31(40)46)30-20-24(33(37,38)39)18-28(22-30)44-15-7-26(8-16-44)42-11-3-4-12-42/h17-22,25-26H,1-16H2,(H2,40,46). The molecular weight excluding hydrogens is 610 g/mol. The number of nitrogens with two attached hydrogens (primary N) is 1. The molecular formula is C33H42F6N6O. The number of amides is 2. The Hall–Kier alpha value is -3.19. The van der Waals surface area contributed by atoms with Gasteiger partial charge in [0.05, 0.1) is 22.5 Å². The highest BCUT2D eigenvalue weighted by Gasteiger charge is 2.36. The predicted octanol–water partition coefficient (Wildman–Crippen LogP) is 7.07. The number of anilines is 4. The second-order valence-electron chi connectivity index (χ2n) is 13.1. The van der Waals surface area contributed by atoms with Gasteiger partial charge in [0, 0.05) is 49.6 Å². The molecule has 0 aromatic heterocycles. The lowest BCUT2D eigenvalue weighted by molar-refractivity contribution is -0.138. The minimum absolute atomic E-state index is 0.225. The van der Waals surface area contributed by atoms with Crippen molar-refractivity contribution in [2.75, 3.05) is 67.1 Å². The molecule has 0 unspecified atom stereocenters. The van der Waals surface area contributed by atoms with E-state index in [2.05, 4.69) is 9.80 Å². The third-order valence-corrected chi connectivity index (χ3v) is 10.2. The molecule has 7 nitrogen and oxygen atoms in total. The minimum Gasteiger partial charge on any atom is -0.371 e. The molecule has 4 aliphatic heterocycles. The minimum atomic E-state index is -4.75. The van der Waals surface area contributed by atoms with Gasteiger partial charge in [-0.25, -0.2) is 4.79 Å². The van der Waals surface area contributed by atoms with Gasteiger partial charge in [-0.2, -0.15) is 26.3 Å². The molecule has 2 amide bonds. The second-order valence-corrected chi connectivity index (χ2v) is 13.1. The molecule has 4 saturated heterocycles. The summed E-state index contributed by atoms with van der Waals surface area (Å²) >= 11 is 0. The zero-order chi connectivity index (χ0) is 32.6. The monoisotopic (exact) mass is 652 g/mol. The van der Waals surface area contributed by atoms with E-state index in [1.54, 1.807) is 0 Å². The molecule has 0 spiro atoms. The average Bonchev–Trinajstić information content (AvgIpc) is 3.76. The van der Waals surface area contributed by atoms with E-state index >= 15 is 0 Å². The number of carbonyl (C=O) groups is 1. The molecule has 2 aromatic rings. The number of piperidine rings is 2. The van der Waals surface area contributed by atoms with Crippen LogP contribution in [0, 0.1) is 0 Å². The molecule has 6 rings (SSSR count). The van der Waals surface area contributed by atoms with Gasteiger partial charge in [-0.1, -0.05) is 0 Å². The van der Waals surface area contributed by atoms with E-state index in [-0.39, 0.29) is 22.7 Å². The van der Waals surface area contributed by atoms with E-state index in [1.807, 2.05) is 9.80 Å². The van der Waals surface area contributed by atoms with Gasteiger partial charge in [-0.05, 0) is 114 Å². The summed E-state index contributed by atoms with van der Waals surface area (Å²) in [6.07, 6.45) is -1.76. The maximum Gasteiger partial charge on any atom is 0.416 e. The van der Waals surface area contributed by atoms with E-state index in [1.165, 1.54) is 12.1 Å². The molecule has 0 atom stereocenters. The fourth-order valence-electron chi connectivity index (χ4n) is 7.74. The number of nitrogens with zero attached hydrogens (tertiary/aromatic N) is 5. The topological polar surface area (TPSA) is 59.3 Å². The molecule has 2 N–H and O–H groups in total. The summed E-state index contributed by atoms with van der Waals surface area (Å²) in [5.74, 6) is 0. The summed E-state index contributed by atoms with van der Waals surface area (Å²) in [6.45, 7) is 6.23. The van der Waals surface area contributed by atoms with Crippen molar-refractivity contribution in [3.8, 4) is 0 Å². The van der Waals surface area contributed by atoms with E-state index in [9.17, 15) is 31.1 Å². The van der Waals surface area contributed by atoms with Gasteiger partial charge < -0.3 is 25.3 Å². The molecule has 4 fully saturated rings. The summed E-state index contributed by atoms with van der Waals surface area (Å²) in [6, 6.07) is 6.08. The van der Waals surface area contributed by atoms with Crippen LogP contribution >= 0.6 is 0 Å². The smallest absolute Gasteiger partial charge is 0.371 e. The van der Waals surface area contributed by atoms with Crippen molar-refractivity contribution in [1.29, 1.82) is 0 Å². The van der Waals surface area contributed by atoms with Crippen molar-refractivity contribution in [3.05, 3.63) is 47.5 Å². The van der Waals surface area contributed by atoms with Crippen LogP contribution in [-0.2, 0) is 12.4 Å². The molecule has 4 aliphatic rings. The van der Waals surface area contributed by atoms with Gasteiger partial charge in [0.1, 0.15) is 0 Å². The Balaban J connectivity index is 1.32. The van der Waals surface area contributed by atoms with Crippen molar-refractivity contribution in [3.63, 3.8) is 0 Å². The molecule has 4 heterocycles. The van der Waals surface area contributed by atoms with Crippen LogP contribution in [0.15, 0.2) is 36.4 Å². The molecule has 46 heavy (non-hydrogen) atoms. The SMILES string of the molecule is NC(=O)N(c1cc(N2CCC(N3CCCC3)CC2)cc(C(F)(F)F)c1)c1cc(N2CCC(N3CCCC3)CC2)cc(C(F)(F)F)c1. The number of likely N-dealkylation sites (tertiary alicyclic amines) is 2. The lowest BCUT2D eigenvalue weighted by Crippen LogP contribution is -2.44. The lowest BCUT2D eigenvalue weighted by atomic mass is 10.0. The average molecular weight is 653 g/mol. The fourth-order valence-corrected chi connectivity index (χ4v) is 7.74. The Morgan fingerprint density at radius 2 is 0.935 bits per heavy atom. The number of urea groups is 1. The molecule has 252 valence electrons. The Bertz CT molecular complexity index is 1270. The van der Waals surface area contributed by atoms with E-state index in [4.69, 9.17) is 5.73 Å². The van der Waals surface area contributed by atoms with Crippen LogP contribution in [0.4, 0.5) is 53.9 Å². The highest BCUT2D eigenvalue weighted by Crippen LogP contribution is 2.42. The number of halogens is 6. The molecule has 0 saturated carbocycles. The first kappa shape index (κ1) is 32.7. The summed E-state index contributed by atoms with van der Waals surface area (Å²) in [4.78, 5) is 22.3. The third kappa shape index (κ3) is 7.20. The van der Waals surface area contributed by atoms with Gasteiger partial charge in [0.15, 0.2) is 0 Å². The maximum atomic E-state index is 14.2. The zero-order valence-corrected chi connectivity index (χ0v) is 25.9. The molecule has 0 radical (unpaired) electrons. The van der Waals surface area contributed by atoms with Crippen LogP contribution in [0.25, 0.3) is 0 Å². The normalized spacial score (nSPS) is 21.3. The summed E-state index contributed by atoms with van der Waals surface area (Å²) in [5, 5.41) is 0. The van der Waals surface area contributed by atoms with E-state index < -0.39 is 29.5 Å². The van der Waals surface area contributed by atoms with E-state index in [0.29, 0.717) is 38.3 Å². The van der Waals surface area contributed by atoms with Gasteiger partial charge in [0.25, 0.3) is 0 Å². The quantitative estimate of drug-likeness (QED) is 0.339. The highest BCUT2D eigenvalue weighted by molar-refractivity contribution is 5.99.